The standard InChI is InChI=1S/C11H11ClN2S/c1-7-14-10(6-13)11(15-7)8-4-2-3-5-9(8)12/h2-5H,6,13H2,1H3. The van der Waals surface area contributed by atoms with Crippen LogP contribution in [-0.4, -0.2) is 4.98 Å². The minimum Gasteiger partial charge on any atom is -0.325 e. The zero-order valence-corrected chi connectivity index (χ0v) is 9.90. The van der Waals surface area contributed by atoms with E-state index in [-0.39, 0.29) is 0 Å². The fourth-order valence-electron chi connectivity index (χ4n) is 1.46. The molecule has 2 nitrogen and oxygen atoms in total. The molecule has 0 atom stereocenters. The second-order valence-electron chi connectivity index (χ2n) is 3.19. The Balaban J connectivity index is 2.58. The van der Waals surface area contributed by atoms with Crippen LogP contribution in [0.4, 0.5) is 0 Å². The lowest BCUT2D eigenvalue weighted by Gasteiger charge is -2.02. The summed E-state index contributed by atoms with van der Waals surface area (Å²) < 4.78 is 0. The Morgan fingerprint density at radius 3 is 2.80 bits per heavy atom. The van der Waals surface area contributed by atoms with E-state index >= 15 is 0 Å². The summed E-state index contributed by atoms with van der Waals surface area (Å²) in [6.07, 6.45) is 0. The summed E-state index contributed by atoms with van der Waals surface area (Å²) >= 11 is 7.77. The molecule has 0 aliphatic carbocycles. The van der Waals surface area contributed by atoms with Gasteiger partial charge in [0.2, 0.25) is 0 Å². The maximum absolute atomic E-state index is 6.14. The van der Waals surface area contributed by atoms with Crippen molar-refractivity contribution < 1.29 is 0 Å². The highest BCUT2D eigenvalue weighted by molar-refractivity contribution is 7.15. The molecule has 0 radical (unpaired) electrons. The smallest absolute Gasteiger partial charge is 0.0904 e. The molecule has 0 fully saturated rings. The van der Waals surface area contributed by atoms with Crippen LogP contribution in [0.5, 0.6) is 0 Å². The molecule has 0 saturated carbocycles. The number of nitrogens with zero attached hydrogens (tertiary/aromatic N) is 1. The van der Waals surface area contributed by atoms with Gasteiger partial charge >= 0.3 is 0 Å². The van der Waals surface area contributed by atoms with Gasteiger partial charge in [-0.3, -0.25) is 0 Å². The van der Waals surface area contributed by atoms with Crippen molar-refractivity contribution in [2.75, 3.05) is 0 Å². The highest BCUT2D eigenvalue weighted by Crippen LogP contribution is 2.34. The molecule has 15 heavy (non-hydrogen) atoms. The van der Waals surface area contributed by atoms with Gasteiger partial charge in [0, 0.05) is 17.1 Å². The lowest BCUT2D eigenvalue weighted by atomic mass is 10.1. The van der Waals surface area contributed by atoms with Gasteiger partial charge < -0.3 is 5.73 Å². The Bertz CT molecular complexity index is 479. The van der Waals surface area contributed by atoms with Crippen molar-refractivity contribution in [3.63, 3.8) is 0 Å². The molecular weight excluding hydrogens is 228 g/mol. The zero-order chi connectivity index (χ0) is 10.8. The fourth-order valence-corrected chi connectivity index (χ4v) is 2.74. The van der Waals surface area contributed by atoms with Crippen molar-refractivity contribution in [3.05, 3.63) is 40.0 Å². The van der Waals surface area contributed by atoms with Gasteiger partial charge in [0.1, 0.15) is 0 Å². The summed E-state index contributed by atoms with van der Waals surface area (Å²) in [6, 6.07) is 7.76. The van der Waals surface area contributed by atoms with Crippen LogP contribution in [0.2, 0.25) is 5.02 Å². The Kier molecular flexibility index (Phi) is 3.05. The first-order chi connectivity index (χ1) is 7.22. The van der Waals surface area contributed by atoms with Crippen LogP contribution < -0.4 is 5.73 Å². The van der Waals surface area contributed by atoms with Crippen LogP contribution in [0, 0.1) is 6.92 Å². The third-order valence-corrected chi connectivity index (χ3v) is 3.49. The number of halogens is 1. The van der Waals surface area contributed by atoms with Crippen LogP contribution in [0.25, 0.3) is 10.4 Å². The first-order valence-corrected chi connectivity index (χ1v) is 5.83. The predicted molar refractivity (Wildman–Crippen MR) is 65.2 cm³/mol. The molecule has 2 N–H and O–H groups in total. The van der Waals surface area contributed by atoms with Crippen LogP contribution in [0.1, 0.15) is 10.7 Å². The summed E-state index contributed by atoms with van der Waals surface area (Å²) in [7, 11) is 0. The fraction of sp³-hybridized carbons (Fsp3) is 0.182. The molecule has 0 amide bonds. The molecule has 4 heteroatoms. The lowest BCUT2D eigenvalue weighted by molar-refractivity contribution is 1.00. The Labute approximate surface area is 97.7 Å². The third-order valence-electron chi connectivity index (χ3n) is 2.12. The first kappa shape index (κ1) is 10.6. The minimum absolute atomic E-state index is 0.449. The van der Waals surface area contributed by atoms with E-state index in [0.717, 1.165) is 26.2 Å². The summed E-state index contributed by atoms with van der Waals surface area (Å²) in [5.74, 6) is 0. The molecule has 78 valence electrons. The maximum Gasteiger partial charge on any atom is 0.0904 e. The first-order valence-electron chi connectivity index (χ1n) is 4.63. The van der Waals surface area contributed by atoms with Gasteiger partial charge in [-0.1, -0.05) is 29.8 Å². The third kappa shape index (κ3) is 2.04. The molecule has 0 aliphatic heterocycles. The average Bonchev–Trinajstić information content (AvgIpc) is 2.60. The monoisotopic (exact) mass is 238 g/mol. The summed E-state index contributed by atoms with van der Waals surface area (Å²) in [5.41, 5.74) is 7.59. The van der Waals surface area contributed by atoms with Gasteiger partial charge in [0.05, 0.1) is 15.6 Å². The van der Waals surface area contributed by atoms with Crippen LogP contribution in [-0.2, 0) is 6.54 Å². The van der Waals surface area contributed by atoms with Crippen LogP contribution >= 0.6 is 22.9 Å². The molecular formula is C11H11ClN2S. The highest BCUT2D eigenvalue weighted by atomic mass is 35.5. The number of nitrogens with two attached hydrogens (primary N) is 1. The minimum atomic E-state index is 0.449. The van der Waals surface area contributed by atoms with Crippen molar-refractivity contribution in [3.8, 4) is 10.4 Å². The molecule has 2 aromatic rings. The van der Waals surface area contributed by atoms with Crippen molar-refractivity contribution >= 4 is 22.9 Å². The second-order valence-corrected chi connectivity index (χ2v) is 4.80. The molecule has 0 spiro atoms. The lowest BCUT2D eigenvalue weighted by Crippen LogP contribution is -1.98. The van der Waals surface area contributed by atoms with Gasteiger partial charge in [-0.05, 0) is 13.0 Å². The molecule has 1 aromatic carbocycles. The number of hydrogen-bond donors (Lipinski definition) is 1. The number of rotatable bonds is 2. The number of aryl methyl sites for hydroxylation is 1. The molecule has 0 unspecified atom stereocenters. The number of hydrogen-bond acceptors (Lipinski definition) is 3. The summed E-state index contributed by atoms with van der Waals surface area (Å²) in [5, 5.41) is 1.77. The van der Waals surface area contributed by atoms with E-state index in [1.807, 2.05) is 31.2 Å². The SMILES string of the molecule is Cc1nc(CN)c(-c2ccccc2Cl)s1. The molecule has 2 rings (SSSR count). The van der Waals surface area contributed by atoms with E-state index in [1.54, 1.807) is 11.3 Å². The van der Waals surface area contributed by atoms with Crippen LogP contribution in [0.3, 0.4) is 0 Å². The summed E-state index contributed by atoms with van der Waals surface area (Å²) in [6.45, 7) is 2.43. The second kappa shape index (κ2) is 4.31. The topological polar surface area (TPSA) is 38.9 Å². The molecule has 1 aromatic heterocycles. The van der Waals surface area contributed by atoms with E-state index < -0.39 is 0 Å². The van der Waals surface area contributed by atoms with Gasteiger partial charge in [0.15, 0.2) is 0 Å². The number of thiazole rings is 1. The van der Waals surface area contributed by atoms with Crippen molar-refractivity contribution in [1.29, 1.82) is 0 Å². The van der Waals surface area contributed by atoms with Crippen molar-refractivity contribution in [2.45, 2.75) is 13.5 Å². The molecule has 0 bridgehead atoms. The average molecular weight is 239 g/mol. The van der Waals surface area contributed by atoms with E-state index in [0.29, 0.717) is 6.54 Å². The molecule has 1 heterocycles. The van der Waals surface area contributed by atoms with Gasteiger partial charge in [-0.15, -0.1) is 11.3 Å². The predicted octanol–water partition coefficient (Wildman–Crippen LogP) is 3.23. The maximum atomic E-state index is 6.14. The van der Waals surface area contributed by atoms with E-state index in [4.69, 9.17) is 17.3 Å². The van der Waals surface area contributed by atoms with Gasteiger partial charge in [-0.25, -0.2) is 4.98 Å². The van der Waals surface area contributed by atoms with Crippen molar-refractivity contribution in [2.24, 2.45) is 5.73 Å². The van der Waals surface area contributed by atoms with E-state index in [1.165, 1.54) is 0 Å². The van der Waals surface area contributed by atoms with Gasteiger partial charge in [0.25, 0.3) is 0 Å². The Morgan fingerprint density at radius 1 is 1.40 bits per heavy atom. The van der Waals surface area contributed by atoms with E-state index in [9.17, 15) is 0 Å². The van der Waals surface area contributed by atoms with Gasteiger partial charge in [-0.2, -0.15) is 0 Å². The summed E-state index contributed by atoms with van der Waals surface area (Å²) in [4.78, 5) is 5.47. The molecule has 0 aliphatic rings. The number of aromatic nitrogens is 1. The highest BCUT2D eigenvalue weighted by Gasteiger charge is 2.11. The Hall–Kier alpha value is -0.900. The molecule has 0 saturated heterocycles. The van der Waals surface area contributed by atoms with Crippen molar-refractivity contribution in [1.82, 2.24) is 4.98 Å². The largest absolute Gasteiger partial charge is 0.325 e. The number of benzene rings is 1. The van der Waals surface area contributed by atoms with E-state index in [2.05, 4.69) is 4.98 Å². The Morgan fingerprint density at radius 2 is 2.13 bits per heavy atom. The van der Waals surface area contributed by atoms with Crippen LogP contribution in [0.15, 0.2) is 24.3 Å². The normalized spacial score (nSPS) is 10.6. The zero-order valence-electron chi connectivity index (χ0n) is 8.33. The quantitative estimate of drug-likeness (QED) is 0.873.